The SMILES string of the molecule is CNC(=O)c1cccc(OC2CCCN(C(=O)COc3ccccc3Cl)C2)c1. The number of amides is 2. The second-order valence-corrected chi connectivity index (χ2v) is 6.96. The van der Waals surface area contributed by atoms with Crippen LogP contribution in [-0.4, -0.2) is 49.6 Å². The number of ether oxygens (including phenoxy) is 2. The lowest BCUT2D eigenvalue weighted by Crippen LogP contribution is -2.46. The summed E-state index contributed by atoms with van der Waals surface area (Å²) in [6.45, 7) is 1.08. The standard InChI is InChI=1S/C21H23ClN2O4/c1-23-21(26)15-6-4-7-16(12-15)28-17-8-5-11-24(13-17)20(25)14-27-19-10-3-2-9-18(19)22/h2-4,6-7,9-10,12,17H,5,8,11,13-14H2,1H3,(H,23,26). The number of carbonyl (C=O) groups is 2. The third-order valence-corrected chi connectivity index (χ3v) is 4.86. The third-order valence-electron chi connectivity index (χ3n) is 4.54. The molecule has 1 aliphatic rings. The van der Waals surface area contributed by atoms with Gasteiger partial charge in [-0.15, -0.1) is 0 Å². The van der Waals surface area contributed by atoms with E-state index >= 15 is 0 Å². The van der Waals surface area contributed by atoms with Gasteiger partial charge in [-0.05, 0) is 43.2 Å². The summed E-state index contributed by atoms with van der Waals surface area (Å²) in [6, 6.07) is 14.1. The van der Waals surface area contributed by atoms with Crippen molar-refractivity contribution in [2.24, 2.45) is 0 Å². The predicted octanol–water partition coefficient (Wildman–Crippen LogP) is 3.15. The van der Waals surface area contributed by atoms with Crippen molar-refractivity contribution < 1.29 is 19.1 Å². The molecule has 1 heterocycles. The molecule has 1 atom stereocenters. The number of nitrogens with one attached hydrogen (secondary N) is 1. The molecule has 28 heavy (non-hydrogen) atoms. The van der Waals surface area contributed by atoms with Crippen molar-refractivity contribution in [3.05, 3.63) is 59.1 Å². The Hall–Kier alpha value is -2.73. The van der Waals surface area contributed by atoms with Crippen molar-refractivity contribution in [1.82, 2.24) is 10.2 Å². The van der Waals surface area contributed by atoms with Crippen LogP contribution in [0.2, 0.25) is 5.02 Å². The van der Waals surface area contributed by atoms with Crippen LogP contribution >= 0.6 is 11.6 Å². The van der Waals surface area contributed by atoms with Gasteiger partial charge in [-0.25, -0.2) is 0 Å². The fourth-order valence-corrected chi connectivity index (χ4v) is 3.29. The average Bonchev–Trinajstić information content (AvgIpc) is 2.72. The van der Waals surface area contributed by atoms with Crippen molar-refractivity contribution in [3.63, 3.8) is 0 Å². The predicted molar refractivity (Wildman–Crippen MR) is 107 cm³/mol. The van der Waals surface area contributed by atoms with Gasteiger partial charge in [0, 0.05) is 19.2 Å². The van der Waals surface area contributed by atoms with Crippen molar-refractivity contribution in [3.8, 4) is 11.5 Å². The topological polar surface area (TPSA) is 67.9 Å². The van der Waals surface area contributed by atoms with E-state index in [1.807, 2.05) is 18.2 Å². The fourth-order valence-electron chi connectivity index (χ4n) is 3.10. The number of carbonyl (C=O) groups excluding carboxylic acids is 2. The maximum Gasteiger partial charge on any atom is 0.260 e. The second-order valence-electron chi connectivity index (χ2n) is 6.55. The number of hydrogen-bond acceptors (Lipinski definition) is 4. The number of hydrogen-bond donors (Lipinski definition) is 1. The normalized spacial score (nSPS) is 16.4. The van der Waals surface area contributed by atoms with Crippen LogP contribution in [0.25, 0.3) is 0 Å². The molecule has 0 bridgehead atoms. The van der Waals surface area contributed by atoms with Gasteiger partial charge in [0.15, 0.2) is 6.61 Å². The minimum atomic E-state index is -0.164. The molecule has 2 amide bonds. The monoisotopic (exact) mass is 402 g/mol. The first-order valence-electron chi connectivity index (χ1n) is 9.20. The molecule has 2 aromatic rings. The summed E-state index contributed by atoms with van der Waals surface area (Å²) in [5.41, 5.74) is 0.539. The molecule has 148 valence electrons. The number of rotatable bonds is 6. The number of para-hydroxylation sites is 1. The lowest BCUT2D eigenvalue weighted by Gasteiger charge is -2.33. The third kappa shape index (κ3) is 5.16. The highest BCUT2D eigenvalue weighted by Gasteiger charge is 2.25. The maximum absolute atomic E-state index is 12.5. The summed E-state index contributed by atoms with van der Waals surface area (Å²) in [7, 11) is 1.59. The van der Waals surface area contributed by atoms with Gasteiger partial charge >= 0.3 is 0 Å². The van der Waals surface area contributed by atoms with Crippen molar-refractivity contribution in [2.45, 2.75) is 18.9 Å². The van der Waals surface area contributed by atoms with Gasteiger partial charge in [-0.2, -0.15) is 0 Å². The molecular formula is C21H23ClN2O4. The summed E-state index contributed by atoms with van der Waals surface area (Å²) >= 11 is 6.05. The molecule has 0 radical (unpaired) electrons. The summed E-state index contributed by atoms with van der Waals surface area (Å²) in [4.78, 5) is 26.0. The van der Waals surface area contributed by atoms with E-state index in [1.54, 1.807) is 42.3 Å². The average molecular weight is 403 g/mol. The minimum absolute atomic E-state index is 0.0669. The number of nitrogens with zero attached hydrogens (tertiary/aromatic N) is 1. The van der Waals surface area contributed by atoms with Crippen LogP contribution in [0.4, 0.5) is 0 Å². The van der Waals surface area contributed by atoms with Crippen LogP contribution < -0.4 is 14.8 Å². The van der Waals surface area contributed by atoms with Gasteiger partial charge in [0.1, 0.15) is 17.6 Å². The Balaban J connectivity index is 1.56. The van der Waals surface area contributed by atoms with Crippen LogP contribution in [0.1, 0.15) is 23.2 Å². The molecule has 1 fully saturated rings. The molecule has 3 rings (SSSR count). The van der Waals surface area contributed by atoms with Crippen LogP contribution in [0, 0.1) is 0 Å². The largest absolute Gasteiger partial charge is 0.489 e. The Bertz CT molecular complexity index is 843. The van der Waals surface area contributed by atoms with Crippen LogP contribution in [0.5, 0.6) is 11.5 Å². The van der Waals surface area contributed by atoms with Gasteiger partial charge in [-0.3, -0.25) is 9.59 Å². The van der Waals surface area contributed by atoms with Gasteiger partial charge in [0.05, 0.1) is 11.6 Å². The lowest BCUT2D eigenvalue weighted by atomic mass is 10.1. The Labute approximate surface area is 169 Å². The number of halogens is 1. The molecule has 0 spiro atoms. The van der Waals surface area contributed by atoms with Crippen LogP contribution in [0.15, 0.2) is 48.5 Å². The van der Waals surface area contributed by atoms with Crippen LogP contribution in [0.3, 0.4) is 0 Å². The zero-order valence-corrected chi connectivity index (χ0v) is 16.4. The number of piperidine rings is 1. The van der Waals surface area contributed by atoms with E-state index in [0.29, 0.717) is 35.2 Å². The van der Waals surface area contributed by atoms with E-state index in [0.717, 1.165) is 12.8 Å². The molecule has 6 nitrogen and oxygen atoms in total. The molecule has 0 aliphatic carbocycles. The summed E-state index contributed by atoms with van der Waals surface area (Å²) in [5.74, 6) is 0.844. The smallest absolute Gasteiger partial charge is 0.260 e. The minimum Gasteiger partial charge on any atom is -0.489 e. The zero-order chi connectivity index (χ0) is 19.9. The summed E-state index contributed by atoms with van der Waals surface area (Å²) < 4.78 is 11.6. The van der Waals surface area contributed by atoms with E-state index in [2.05, 4.69) is 5.32 Å². The summed E-state index contributed by atoms with van der Waals surface area (Å²) in [5, 5.41) is 3.07. The molecule has 2 aromatic carbocycles. The van der Waals surface area contributed by atoms with Crippen molar-refractivity contribution in [1.29, 1.82) is 0 Å². The lowest BCUT2D eigenvalue weighted by molar-refractivity contribution is -0.136. The van der Waals surface area contributed by atoms with E-state index < -0.39 is 0 Å². The van der Waals surface area contributed by atoms with Gasteiger partial charge < -0.3 is 19.7 Å². The Morgan fingerprint density at radius 3 is 2.82 bits per heavy atom. The maximum atomic E-state index is 12.5. The van der Waals surface area contributed by atoms with Crippen molar-refractivity contribution >= 4 is 23.4 Å². The fraction of sp³-hybridized carbons (Fsp3) is 0.333. The second kappa shape index (κ2) is 9.46. The summed E-state index contributed by atoms with van der Waals surface area (Å²) in [6.07, 6.45) is 1.56. The molecule has 7 heteroatoms. The van der Waals surface area contributed by atoms with Gasteiger partial charge in [-0.1, -0.05) is 29.8 Å². The molecule has 1 saturated heterocycles. The van der Waals surface area contributed by atoms with E-state index in [-0.39, 0.29) is 24.5 Å². The highest BCUT2D eigenvalue weighted by Crippen LogP contribution is 2.24. The first-order chi connectivity index (χ1) is 13.6. The highest BCUT2D eigenvalue weighted by atomic mass is 35.5. The van der Waals surface area contributed by atoms with E-state index in [4.69, 9.17) is 21.1 Å². The first kappa shape index (κ1) is 20.0. The van der Waals surface area contributed by atoms with Gasteiger partial charge in [0.25, 0.3) is 11.8 Å². The quantitative estimate of drug-likeness (QED) is 0.806. The highest BCUT2D eigenvalue weighted by molar-refractivity contribution is 6.32. The van der Waals surface area contributed by atoms with Crippen molar-refractivity contribution in [2.75, 3.05) is 26.7 Å². The Morgan fingerprint density at radius 2 is 2.04 bits per heavy atom. The zero-order valence-electron chi connectivity index (χ0n) is 15.7. The molecule has 1 unspecified atom stereocenters. The molecular weight excluding hydrogens is 380 g/mol. The molecule has 0 saturated carbocycles. The molecule has 1 aliphatic heterocycles. The molecule has 0 aromatic heterocycles. The number of likely N-dealkylation sites (tertiary alicyclic amines) is 1. The Kier molecular flexibility index (Phi) is 6.76. The van der Waals surface area contributed by atoms with Gasteiger partial charge in [0.2, 0.25) is 0 Å². The van der Waals surface area contributed by atoms with E-state index in [1.165, 1.54) is 0 Å². The Morgan fingerprint density at radius 1 is 1.21 bits per heavy atom. The van der Waals surface area contributed by atoms with E-state index in [9.17, 15) is 9.59 Å². The first-order valence-corrected chi connectivity index (χ1v) is 9.58. The van der Waals surface area contributed by atoms with Crippen LogP contribution in [-0.2, 0) is 4.79 Å². The number of benzene rings is 2. The molecule has 1 N–H and O–H groups in total.